The van der Waals surface area contributed by atoms with E-state index in [1.54, 1.807) is 0 Å². The van der Waals surface area contributed by atoms with E-state index >= 15 is 0 Å². The number of aliphatic hydroxyl groups excluding tert-OH is 1. The molecule has 4 heteroatoms. The van der Waals surface area contributed by atoms with E-state index in [0.29, 0.717) is 5.41 Å². The van der Waals surface area contributed by atoms with Gasteiger partial charge in [0.05, 0.1) is 0 Å². The summed E-state index contributed by atoms with van der Waals surface area (Å²) in [5.41, 5.74) is 0.375. The second kappa shape index (κ2) is 7.62. The topological polar surface area (TPSA) is 61.4 Å². The molecule has 1 fully saturated rings. The van der Waals surface area contributed by atoms with Crippen molar-refractivity contribution in [3.05, 3.63) is 0 Å². The molecule has 2 amide bonds. The lowest BCUT2D eigenvalue weighted by molar-refractivity contribution is 0.117. The number of hydrogen-bond acceptors (Lipinski definition) is 2. The van der Waals surface area contributed by atoms with E-state index in [-0.39, 0.29) is 18.7 Å². The van der Waals surface area contributed by atoms with E-state index in [0.717, 1.165) is 19.4 Å². The third-order valence-corrected chi connectivity index (χ3v) is 3.99. The fourth-order valence-electron chi connectivity index (χ4n) is 2.73. The Morgan fingerprint density at radius 3 is 2.67 bits per heavy atom. The first-order valence-electron chi connectivity index (χ1n) is 7.27. The Labute approximate surface area is 111 Å². The number of nitrogens with one attached hydrogen (secondary N) is 2. The van der Waals surface area contributed by atoms with Crippen LogP contribution in [0.15, 0.2) is 0 Å². The molecule has 1 rings (SSSR count). The molecule has 0 aromatic heterocycles. The summed E-state index contributed by atoms with van der Waals surface area (Å²) in [6, 6.07) is 0.0588. The first-order chi connectivity index (χ1) is 8.62. The van der Waals surface area contributed by atoms with Gasteiger partial charge < -0.3 is 15.7 Å². The second-order valence-corrected chi connectivity index (χ2v) is 5.70. The van der Waals surface area contributed by atoms with Crippen LogP contribution in [-0.2, 0) is 0 Å². The Kier molecular flexibility index (Phi) is 6.47. The van der Waals surface area contributed by atoms with Gasteiger partial charge in [0, 0.05) is 19.2 Å². The van der Waals surface area contributed by atoms with E-state index in [1.807, 2.05) is 6.92 Å². The highest BCUT2D eigenvalue weighted by Crippen LogP contribution is 2.44. The lowest BCUT2D eigenvalue weighted by Gasteiger charge is -2.42. The van der Waals surface area contributed by atoms with Crippen LogP contribution in [0.2, 0.25) is 0 Å². The number of carbonyl (C=O) groups is 1. The highest BCUT2D eigenvalue weighted by atomic mass is 16.3. The third-order valence-electron chi connectivity index (χ3n) is 3.99. The van der Waals surface area contributed by atoms with Crippen LogP contribution in [0.4, 0.5) is 4.79 Å². The molecule has 0 aliphatic heterocycles. The fraction of sp³-hybridized carbons (Fsp3) is 0.929. The summed E-state index contributed by atoms with van der Waals surface area (Å²) in [5, 5.41) is 14.7. The normalized spacial score (nSPS) is 18.8. The van der Waals surface area contributed by atoms with Crippen molar-refractivity contribution in [2.75, 3.05) is 13.2 Å². The van der Waals surface area contributed by atoms with Crippen LogP contribution in [0.1, 0.15) is 58.8 Å². The average molecular weight is 256 g/mol. The van der Waals surface area contributed by atoms with Gasteiger partial charge in [-0.2, -0.15) is 0 Å². The van der Waals surface area contributed by atoms with Crippen molar-refractivity contribution in [2.24, 2.45) is 5.41 Å². The molecule has 0 heterocycles. The molecule has 0 radical (unpaired) electrons. The molecule has 1 aliphatic rings. The molecule has 4 nitrogen and oxygen atoms in total. The molecular weight excluding hydrogens is 228 g/mol. The summed E-state index contributed by atoms with van der Waals surface area (Å²) >= 11 is 0. The van der Waals surface area contributed by atoms with Gasteiger partial charge in [0.25, 0.3) is 0 Å². The van der Waals surface area contributed by atoms with Crippen LogP contribution >= 0.6 is 0 Å². The van der Waals surface area contributed by atoms with Crippen molar-refractivity contribution in [2.45, 2.75) is 64.8 Å². The minimum atomic E-state index is -0.0668. The molecule has 0 spiro atoms. The van der Waals surface area contributed by atoms with E-state index in [2.05, 4.69) is 17.6 Å². The predicted molar refractivity (Wildman–Crippen MR) is 73.5 cm³/mol. The molecule has 0 bridgehead atoms. The zero-order valence-corrected chi connectivity index (χ0v) is 11.8. The minimum absolute atomic E-state index is 0.0668. The number of hydrogen-bond donors (Lipinski definition) is 3. The van der Waals surface area contributed by atoms with Gasteiger partial charge in [0.2, 0.25) is 0 Å². The molecular formula is C14H28N2O2. The lowest BCUT2D eigenvalue weighted by Crippen LogP contribution is -2.47. The van der Waals surface area contributed by atoms with E-state index < -0.39 is 0 Å². The van der Waals surface area contributed by atoms with Gasteiger partial charge in [-0.1, -0.05) is 19.8 Å². The Morgan fingerprint density at radius 2 is 2.17 bits per heavy atom. The zero-order valence-electron chi connectivity index (χ0n) is 11.8. The van der Waals surface area contributed by atoms with Gasteiger partial charge in [-0.15, -0.1) is 0 Å². The standard InChI is InChI=1S/C14H28N2O2/c1-3-7-14(8-5-9-14)11-15-13(18)16-12(2)6-4-10-17/h12,17H,3-11H2,1-2H3,(H2,15,16,18). The molecule has 0 aromatic rings. The quantitative estimate of drug-likeness (QED) is 0.624. The maximum Gasteiger partial charge on any atom is 0.315 e. The van der Waals surface area contributed by atoms with Crippen molar-refractivity contribution in [1.29, 1.82) is 0 Å². The lowest BCUT2D eigenvalue weighted by atomic mass is 9.66. The first kappa shape index (κ1) is 15.3. The minimum Gasteiger partial charge on any atom is -0.396 e. The first-order valence-corrected chi connectivity index (χ1v) is 7.27. The summed E-state index contributed by atoms with van der Waals surface area (Å²) in [7, 11) is 0. The highest BCUT2D eigenvalue weighted by molar-refractivity contribution is 5.74. The molecule has 1 saturated carbocycles. The summed E-state index contributed by atoms with van der Waals surface area (Å²) < 4.78 is 0. The summed E-state index contributed by atoms with van der Waals surface area (Å²) in [6.45, 7) is 5.17. The Morgan fingerprint density at radius 1 is 1.44 bits per heavy atom. The van der Waals surface area contributed by atoms with Crippen LogP contribution in [0.3, 0.4) is 0 Å². The molecule has 0 saturated heterocycles. The van der Waals surface area contributed by atoms with Gasteiger partial charge in [-0.05, 0) is 44.4 Å². The molecule has 1 unspecified atom stereocenters. The molecule has 3 N–H and O–H groups in total. The maximum absolute atomic E-state index is 11.7. The summed E-state index contributed by atoms with van der Waals surface area (Å²) in [5.74, 6) is 0. The largest absolute Gasteiger partial charge is 0.396 e. The van der Waals surface area contributed by atoms with E-state index in [1.165, 1.54) is 32.1 Å². The van der Waals surface area contributed by atoms with Gasteiger partial charge >= 0.3 is 6.03 Å². The number of amides is 2. The van der Waals surface area contributed by atoms with Crippen molar-refractivity contribution in [3.63, 3.8) is 0 Å². The van der Waals surface area contributed by atoms with Crippen LogP contribution in [0.25, 0.3) is 0 Å². The average Bonchev–Trinajstić information content (AvgIpc) is 2.29. The van der Waals surface area contributed by atoms with Crippen LogP contribution < -0.4 is 10.6 Å². The van der Waals surface area contributed by atoms with Crippen molar-refractivity contribution in [3.8, 4) is 0 Å². The number of carbonyl (C=O) groups excluding carboxylic acids is 1. The number of aliphatic hydroxyl groups is 1. The fourth-order valence-corrected chi connectivity index (χ4v) is 2.73. The molecule has 0 aromatic carbocycles. The Bertz CT molecular complexity index is 252. The van der Waals surface area contributed by atoms with Crippen LogP contribution in [0, 0.1) is 5.41 Å². The number of rotatable bonds is 8. The number of urea groups is 1. The smallest absolute Gasteiger partial charge is 0.315 e. The Balaban J connectivity index is 2.19. The molecule has 1 aliphatic carbocycles. The molecule has 106 valence electrons. The summed E-state index contributed by atoms with van der Waals surface area (Å²) in [6.07, 6.45) is 7.77. The SMILES string of the molecule is CCCC1(CNC(=O)NC(C)CCCO)CCC1. The van der Waals surface area contributed by atoms with Crippen LogP contribution in [-0.4, -0.2) is 30.3 Å². The van der Waals surface area contributed by atoms with E-state index in [4.69, 9.17) is 5.11 Å². The van der Waals surface area contributed by atoms with Crippen molar-refractivity contribution < 1.29 is 9.90 Å². The summed E-state index contributed by atoms with van der Waals surface area (Å²) in [4.78, 5) is 11.7. The van der Waals surface area contributed by atoms with Gasteiger partial charge in [0.15, 0.2) is 0 Å². The van der Waals surface area contributed by atoms with Crippen molar-refractivity contribution in [1.82, 2.24) is 10.6 Å². The zero-order chi connectivity index (χ0) is 13.4. The third kappa shape index (κ3) is 4.84. The predicted octanol–water partition coefficient (Wildman–Crippen LogP) is 2.42. The van der Waals surface area contributed by atoms with Crippen molar-refractivity contribution >= 4 is 6.03 Å². The van der Waals surface area contributed by atoms with E-state index in [9.17, 15) is 4.79 Å². The van der Waals surface area contributed by atoms with Crippen LogP contribution in [0.5, 0.6) is 0 Å². The molecule has 1 atom stereocenters. The van der Waals surface area contributed by atoms with Gasteiger partial charge in [-0.3, -0.25) is 0 Å². The van der Waals surface area contributed by atoms with Gasteiger partial charge in [0.1, 0.15) is 0 Å². The molecule has 18 heavy (non-hydrogen) atoms. The monoisotopic (exact) mass is 256 g/mol. The Hall–Kier alpha value is -0.770. The maximum atomic E-state index is 11.7. The highest BCUT2D eigenvalue weighted by Gasteiger charge is 2.36. The second-order valence-electron chi connectivity index (χ2n) is 5.70. The van der Waals surface area contributed by atoms with Gasteiger partial charge in [-0.25, -0.2) is 4.79 Å².